The van der Waals surface area contributed by atoms with Crippen LogP contribution in [0, 0.1) is 0 Å². The van der Waals surface area contributed by atoms with E-state index in [-0.39, 0.29) is 0 Å². The van der Waals surface area contributed by atoms with E-state index in [9.17, 15) is 9.59 Å². The third-order valence-electron chi connectivity index (χ3n) is 6.12. The molecular weight excluding hydrogens is 480 g/mol. The Kier molecular flexibility index (Phi) is 6.11. The fourth-order valence-electron chi connectivity index (χ4n) is 4.25. The van der Waals surface area contributed by atoms with E-state index >= 15 is 0 Å². The average molecular weight is 503 g/mol. The number of ether oxygens (including phenoxy) is 2. The topological polar surface area (TPSA) is 110 Å². The van der Waals surface area contributed by atoms with E-state index in [0.29, 0.717) is 33.8 Å². The summed E-state index contributed by atoms with van der Waals surface area (Å²) in [6.45, 7) is 0. The second-order valence-corrected chi connectivity index (χ2v) is 8.66. The molecule has 186 valence electrons. The molecule has 2 atom stereocenters. The molecular formula is C30H22N4O4. The van der Waals surface area contributed by atoms with Crippen LogP contribution in [-0.4, -0.2) is 31.9 Å². The maximum atomic E-state index is 13.3. The molecule has 2 aromatic heterocycles. The van der Waals surface area contributed by atoms with Gasteiger partial charge in [0, 0.05) is 0 Å². The average Bonchev–Trinajstić information content (AvgIpc) is 3.60. The van der Waals surface area contributed by atoms with Gasteiger partial charge in [0.05, 0.1) is 33.2 Å². The number of hydrogen-bond acceptors (Lipinski definition) is 6. The van der Waals surface area contributed by atoms with E-state index in [4.69, 9.17) is 9.47 Å². The van der Waals surface area contributed by atoms with E-state index in [2.05, 4.69) is 19.9 Å². The van der Waals surface area contributed by atoms with Gasteiger partial charge >= 0.3 is 11.9 Å². The van der Waals surface area contributed by atoms with E-state index in [1.165, 1.54) is 0 Å². The van der Waals surface area contributed by atoms with Crippen molar-refractivity contribution in [3.8, 4) is 0 Å². The number of nitrogens with zero attached hydrogens (tertiary/aromatic N) is 2. The van der Waals surface area contributed by atoms with Crippen LogP contribution in [-0.2, 0) is 9.47 Å². The largest absolute Gasteiger partial charge is 0.446 e. The van der Waals surface area contributed by atoms with Gasteiger partial charge in [-0.25, -0.2) is 19.6 Å². The van der Waals surface area contributed by atoms with E-state index < -0.39 is 24.1 Å². The van der Waals surface area contributed by atoms with E-state index in [1.807, 2.05) is 60.7 Å². The maximum absolute atomic E-state index is 13.3. The van der Waals surface area contributed by atoms with Crippen LogP contribution in [0.2, 0.25) is 0 Å². The number of rotatable bonds is 7. The molecule has 2 N–H and O–H groups in total. The fraction of sp³-hybridized carbons (Fsp3) is 0.0667. The van der Waals surface area contributed by atoms with Crippen molar-refractivity contribution in [3.63, 3.8) is 0 Å². The van der Waals surface area contributed by atoms with Crippen molar-refractivity contribution in [2.75, 3.05) is 0 Å². The minimum atomic E-state index is -1.14. The molecule has 6 aromatic rings. The predicted molar refractivity (Wildman–Crippen MR) is 141 cm³/mol. The Morgan fingerprint density at radius 1 is 0.526 bits per heavy atom. The molecule has 8 heteroatoms. The number of carbonyl (C=O) groups excluding carboxylic acids is 2. The lowest BCUT2D eigenvalue weighted by Crippen LogP contribution is -2.25. The van der Waals surface area contributed by atoms with Crippen LogP contribution >= 0.6 is 0 Å². The molecule has 0 saturated heterocycles. The number of H-pyrrole nitrogens is 2. The summed E-state index contributed by atoms with van der Waals surface area (Å²) < 4.78 is 12.1. The van der Waals surface area contributed by atoms with Gasteiger partial charge in [-0.05, 0) is 48.5 Å². The number of hydrogen-bond donors (Lipinski definition) is 2. The number of imidazole rings is 2. The van der Waals surface area contributed by atoms with E-state index in [1.54, 1.807) is 48.5 Å². The van der Waals surface area contributed by atoms with Crippen molar-refractivity contribution < 1.29 is 19.1 Å². The molecule has 0 aliphatic carbocycles. The molecule has 0 bridgehead atoms. The van der Waals surface area contributed by atoms with Gasteiger partial charge in [-0.1, -0.05) is 60.7 Å². The third kappa shape index (κ3) is 4.62. The number of para-hydroxylation sites is 4. The number of nitrogens with one attached hydrogen (secondary N) is 2. The molecule has 6 rings (SSSR count). The lowest BCUT2D eigenvalue weighted by molar-refractivity contribution is -0.0438. The van der Waals surface area contributed by atoms with Gasteiger partial charge in [0.1, 0.15) is 0 Å². The Bertz CT molecular complexity index is 1530. The van der Waals surface area contributed by atoms with E-state index in [0.717, 1.165) is 11.0 Å². The monoisotopic (exact) mass is 502 g/mol. The molecule has 0 unspecified atom stereocenters. The number of aromatic amines is 2. The van der Waals surface area contributed by atoms with Crippen molar-refractivity contribution in [1.82, 2.24) is 19.9 Å². The summed E-state index contributed by atoms with van der Waals surface area (Å²) in [7, 11) is 0. The first-order valence-corrected chi connectivity index (χ1v) is 12.1. The molecule has 38 heavy (non-hydrogen) atoms. The van der Waals surface area contributed by atoms with Gasteiger partial charge in [0.25, 0.3) is 0 Å². The summed E-state index contributed by atoms with van der Waals surface area (Å²) in [5, 5.41) is 0. The lowest BCUT2D eigenvalue weighted by Gasteiger charge is -2.24. The molecule has 0 aliphatic heterocycles. The molecule has 0 radical (unpaired) electrons. The van der Waals surface area contributed by atoms with Gasteiger partial charge in [-0.15, -0.1) is 0 Å². The molecule has 0 fully saturated rings. The standard InChI is InChI=1S/C30H22N4O4/c35-29(19-11-3-1-4-12-19)37-25(27-31-21-15-7-8-16-22(21)32-27)26(38-30(36)20-13-5-2-6-14-20)28-33-23-17-9-10-18-24(23)34-28/h1-18,25-26H,(H,31,32)(H,33,34)/t25-,26-/m0/s1. The highest BCUT2D eigenvalue weighted by molar-refractivity contribution is 5.90. The Labute approximate surface area is 217 Å². The molecule has 4 aromatic carbocycles. The Morgan fingerprint density at radius 2 is 0.895 bits per heavy atom. The van der Waals surface area contributed by atoms with Crippen LogP contribution in [0.4, 0.5) is 0 Å². The highest BCUT2D eigenvalue weighted by Crippen LogP contribution is 2.36. The van der Waals surface area contributed by atoms with Crippen LogP contribution in [0.25, 0.3) is 22.1 Å². The summed E-state index contributed by atoms with van der Waals surface area (Å²) in [5.41, 5.74) is 3.57. The van der Waals surface area contributed by atoms with Gasteiger partial charge < -0.3 is 19.4 Å². The van der Waals surface area contributed by atoms with Crippen LogP contribution < -0.4 is 0 Å². The molecule has 0 saturated carbocycles. The number of aromatic nitrogens is 4. The minimum Gasteiger partial charge on any atom is -0.446 e. The van der Waals surface area contributed by atoms with Crippen LogP contribution in [0.5, 0.6) is 0 Å². The molecule has 0 spiro atoms. The van der Waals surface area contributed by atoms with Gasteiger partial charge in [0.15, 0.2) is 11.6 Å². The van der Waals surface area contributed by atoms with Gasteiger partial charge in [-0.3, -0.25) is 0 Å². The highest BCUT2D eigenvalue weighted by Gasteiger charge is 2.37. The third-order valence-corrected chi connectivity index (χ3v) is 6.12. The lowest BCUT2D eigenvalue weighted by atomic mass is 10.1. The Morgan fingerprint density at radius 3 is 1.29 bits per heavy atom. The van der Waals surface area contributed by atoms with Crippen molar-refractivity contribution in [2.24, 2.45) is 0 Å². The first-order chi connectivity index (χ1) is 18.7. The maximum Gasteiger partial charge on any atom is 0.338 e. The Hall–Kier alpha value is -5.24. The van der Waals surface area contributed by atoms with Gasteiger partial charge in [-0.2, -0.15) is 0 Å². The smallest absolute Gasteiger partial charge is 0.338 e. The van der Waals surface area contributed by atoms with Gasteiger partial charge in [0.2, 0.25) is 12.2 Å². The molecule has 0 aliphatic rings. The minimum absolute atomic E-state index is 0.321. The summed E-state index contributed by atoms with van der Waals surface area (Å²) in [4.78, 5) is 42.3. The fourth-order valence-corrected chi connectivity index (χ4v) is 4.25. The zero-order valence-corrected chi connectivity index (χ0v) is 20.1. The van der Waals surface area contributed by atoms with Crippen LogP contribution in [0.15, 0.2) is 109 Å². The normalized spacial score (nSPS) is 12.7. The zero-order valence-electron chi connectivity index (χ0n) is 20.1. The van der Waals surface area contributed by atoms with Crippen molar-refractivity contribution >= 4 is 34.0 Å². The van der Waals surface area contributed by atoms with Crippen molar-refractivity contribution in [3.05, 3.63) is 132 Å². The number of esters is 2. The number of benzene rings is 4. The summed E-state index contributed by atoms with van der Waals surface area (Å²) in [5.74, 6) is -0.538. The molecule has 2 heterocycles. The highest BCUT2D eigenvalue weighted by atomic mass is 16.6. The number of carbonyl (C=O) groups is 2. The SMILES string of the molecule is O=C(O[C@H](c1nc2ccccc2[nH]1)[C@H](OC(=O)c1ccccc1)c1nc2ccccc2[nH]1)c1ccccc1. The zero-order chi connectivity index (χ0) is 25.9. The number of fused-ring (bicyclic) bond motifs is 2. The summed E-state index contributed by atoms with van der Waals surface area (Å²) in [6, 6.07) is 32.2. The predicted octanol–water partition coefficient (Wildman–Crippen LogP) is 5.94. The first kappa shape index (κ1) is 23.2. The molecule has 0 amide bonds. The quantitative estimate of drug-likeness (QED) is 0.262. The summed E-state index contributed by atoms with van der Waals surface area (Å²) >= 11 is 0. The molecule has 8 nitrogen and oxygen atoms in total. The second-order valence-electron chi connectivity index (χ2n) is 8.66. The first-order valence-electron chi connectivity index (χ1n) is 12.1. The van der Waals surface area contributed by atoms with Crippen LogP contribution in [0.1, 0.15) is 44.6 Å². The summed E-state index contributed by atoms with van der Waals surface area (Å²) in [6.07, 6.45) is -2.27. The van der Waals surface area contributed by atoms with Crippen LogP contribution in [0.3, 0.4) is 0 Å². The second kappa shape index (κ2) is 10.0. The Balaban J connectivity index is 1.47. The van der Waals surface area contributed by atoms with Crippen molar-refractivity contribution in [2.45, 2.75) is 12.2 Å². The van der Waals surface area contributed by atoms with Crippen molar-refractivity contribution in [1.29, 1.82) is 0 Å².